The number of benzene rings is 1. The number of piperazine rings is 1. The van der Waals surface area contributed by atoms with Crippen molar-refractivity contribution >= 4 is 17.7 Å². The Morgan fingerprint density at radius 3 is 2.61 bits per heavy atom. The van der Waals surface area contributed by atoms with E-state index in [9.17, 15) is 9.59 Å². The zero-order valence-electron chi connectivity index (χ0n) is 10.3. The van der Waals surface area contributed by atoms with Crippen molar-refractivity contribution in [1.29, 1.82) is 0 Å². The van der Waals surface area contributed by atoms with Gasteiger partial charge in [0.1, 0.15) is 6.54 Å². The molecule has 0 saturated carbocycles. The van der Waals surface area contributed by atoms with Crippen molar-refractivity contribution in [3.63, 3.8) is 0 Å². The van der Waals surface area contributed by atoms with E-state index in [4.69, 9.17) is 4.74 Å². The Morgan fingerprint density at radius 1 is 1.28 bits per heavy atom. The van der Waals surface area contributed by atoms with Crippen LogP contribution in [0.15, 0.2) is 30.3 Å². The summed E-state index contributed by atoms with van der Waals surface area (Å²) < 4.78 is 4.89. The largest absolute Gasteiger partial charge is 0.450 e. The smallest absolute Gasteiger partial charge is 0.410 e. The van der Waals surface area contributed by atoms with Crippen LogP contribution >= 0.6 is 0 Å². The lowest BCUT2D eigenvalue weighted by Crippen LogP contribution is -2.52. The van der Waals surface area contributed by atoms with Gasteiger partial charge in [-0.25, -0.2) is 4.79 Å². The van der Waals surface area contributed by atoms with E-state index in [2.05, 4.69) is 0 Å². The molecular weight excluding hydrogens is 232 g/mol. The maximum atomic E-state index is 12.0. The third-order valence-corrected chi connectivity index (χ3v) is 2.81. The molecule has 0 aliphatic carbocycles. The van der Waals surface area contributed by atoms with Crippen molar-refractivity contribution in [2.45, 2.75) is 6.92 Å². The lowest BCUT2D eigenvalue weighted by atomic mass is 10.2. The van der Waals surface area contributed by atoms with Crippen molar-refractivity contribution in [2.75, 3.05) is 31.1 Å². The lowest BCUT2D eigenvalue weighted by molar-refractivity contribution is -0.120. The summed E-state index contributed by atoms with van der Waals surface area (Å²) in [6, 6.07) is 9.46. The molecule has 18 heavy (non-hydrogen) atoms. The lowest BCUT2D eigenvalue weighted by Gasteiger charge is -2.33. The van der Waals surface area contributed by atoms with Gasteiger partial charge in [-0.05, 0) is 19.1 Å². The molecule has 1 heterocycles. The molecule has 1 aromatic carbocycles. The van der Waals surface area contributed by atoms with Crippen LogP contribution in [-0.2, 0) is 9.53 Å². The third kappa shape index (κ3) is 2.61. The zero-order valence-corrected chi connectivity index (χ0v) is 10.3. The number of hydrogen-bond acceptors (Lipinski definition) is 3. The number of carbonyl (C=O) groups excluding carboxylic acids is 2. The fourth-order valence-electron chi connectivity index (χ4n) is 1.92. The van der Waals surface area contributed by atoms with E-state index in [1.807, 2.05) is 30.3 Å². The average Bonchev–Trinajstić information content (AvgIpc) is 2.40. The van der Waals surface area contributed by atoms with Crippen molar-refractivity contribution in [3.05, 3.63) is 30.3 Å². The highest BCUT2D eigenvalue weighted by atomic mass is 16.6. The second-order valence-corrected chi connectivity index (χ2v) is 4.00. The number of hydrogen-bond donors (Lipinski definition) is 0. The third-order valence-electron chi connectivity index (χ3n) is 2.81. The molecule has 0 spiro atoms. The van der Waals surface area contributed by atoms with Crippen LogP contribution < -0.4 is 4.90 Å². The molecule has 1 aromatic rings. The normalized spacial score (nSPS) is 15.7. The van der Waals surface area contributed by atoms with E-state index in [1.54, 1.807) is 11.8 Å². The Labute approximate surface area is 106 Å². The highest BCUT2D eigenvalue weighted by Crippen LogP contribution is 2.16. The minimum atomic E-state index is -0.418. The van der Waals surface area contributed by atoms with Crippen LogP contribution in [0.1, 0.15) is 6.92 Å². The first-order chi connectivity index (χ1) is 8.72. The molecule has 1 fully saturated rings. The Morgan fingerprint density at radius 2 is 2.00 bits per heavy atom. The van der Waals surface area contributed by atoms with Gasteiger partial charge in [-0.15, -0.1) is 0 Å². The zero-order chi connectivity index (χ0) is 13.0. The van der Waals surface area contributed by atoms with E-state index >= 15 is 0 Å². The molecule has 1 aliphatic heterocycles. The molecule has 0 bridgehead atoms. The van der Waals surface area contributed by atoms with Gasteiger partial charge in [0, 0.05) is 18.8 Å². The highest BCUT2D eigenvalue weighted by Gasteiger charge is 2.28. The van der Waals surface area contributed by atoms with Crippen molar-refractivity contribution in [2.24, 2.45) is 0 Å². The molecule has 96 valence electrons. The quantitative estimate of drug-likeness (QED) is 0.796. The molecular formula is C13H16N2O3. The summed E-state index contributed by atoms with van der Waals surface area (Å²) in [6.45, 7) is 3.15. The van der Waals surface area contributed by atoms with Gasteiger partial charge >= 0.3 is 6.09 Å². The topological polar surface area (TPSA) is 49.9 Å². The minimum absolute atomic E-state index is 0.0771. The Bertz CT molecular complexity index is 433. The van der Waals surface area contributed by atoms with Gasteiger partial charge in [-0.3, -0.25) is 9.69 Å². The van der Waals surface area contributed by atoms with Gasteiger partial charge in [0.05, 0.1) is 6.61 Å². The molecule has 2 rings (SSSR count). The molecule has 2 amide bonds. The molecule has 5 heteroatoms. The molecule has 0 aromatic heterocycles. The highest BCUT2D eigenvalue weighted by molar-refractivity contribution is 5.97. The van der Waals surface area contributed by atoms with Crippen LogP contribution in [0.2, 0.25) is 0 Å². The predicted octanol–water partition coefficient (Wildman–Crippen LogP) is 1.49. The summed E-state index contributed by atoms with van der Waals surface area (Å²) in [5, 5.41) is 0. The van der Waals surface area contributed by atoms with Crippen molar-refractivity contribution < 1.29 is 14.3 Å². The summed E-state index contributed by atoms with van der Waals surface area (Å²) >= 11 is 0. The fourth-order valence-corrected chi connectivity index (χ4v) is 1.92. The van der Waals surface area contributed by atoms with E-state index < -0.39 is 6.09 Å². The van der Waals surface area contributed by atoms with E-state index in [-0.39, 0.29) is 12.5 Å². The van der Waals surface area contributed by atoms with E-state index in [0.717, 1.165) is 5.69 Å². The van der Waals surface area contributed by atoms with Crippen molar-refractivity contribution in [1.82, 2.24) is 4.90 Å². The summed E-state index contributed by atoms with van der Waals surface area (Å²) in [6.07, 6.45) is -0.418. The number of rotatable bonds is 2. The maximum Gasteiger partial charge on any atom is 0.410 e. The van der Waals surface area contributed by atoms with Crippen LogP contribution in [0.5, 0.6) is 0 Å². The van der Waals surface area contributed by atoms with Gasteiger partial charge < -0.3 is 9.64 Å². The fraction of sp³-hybridized carbons (Fsp3) is 0.385. The molecule has 1 saturated heterocycles. The predicted molar refractivity (Wildman–Crippen MR) is 67.4 cm³/mol. The Balaban J connectivity index is 2.01. The second kappa shape index (κ2) is 5.53. The van der Waals surface area contributed by atoms with Gasteiger partial charge in [0.25, 0.3) is 0 Å². The van der Waals surface area contributed by atoms with Gasteiger partial charge in [-0.1, -0.05) is 18.2 Å². The van der Waals surface area contributed by atoms with E-state index in [1.165, 1.54) is 4.90 Å². The van der Waals surface area contributed by atoms with Crippen LogP contribution in [0.25, 0.3) is 0 Å². The van der Waals surface area contributed by atoms with Crippen LogP contribution in [0.4, 0.5) is 10.5 Å². The number of anilines is 1. The first-order valence-electron chi connectivity index (χ1n) is 5.99. The molecule has 0 unspecified atom stereocenters. The van der Waals surface area contributed by atoms with Crippen molar-refractivity contribution in [3.8, 4) is 0 Å². The number of nitrogens with zero attached hydrogens (tertiary/aromatic N) is 2. The molecule has 5 nitrogen and oxygen atoms in total. The number of amides is 2. The summed E-state index contributed by atoms with van der Waals surface area (Å²) in [5.74, 6) is -0.0829. The number of carbonyl (C=O) groups is 2. The Kier molecular flexibility index (Phi) is 3.82. The number of ether oxygens (including phenoxy) is 1. The monoisotopic (exact) mass is 248 g/mol. The molecule has 1 aliphatic rings. The standard InChI is InChI=1S/C13H16N2O3/c1-2-18-13(17)14-8-9-15(12(16)10-14)11-6-4-3-5-7-11/h3-7H,2,8-10H2,1H3. The second-order valence-electron chi connectivity index (χ2n) is 4.00. The first-order valence-corrected chi connectivity index (χ1v) is 5.99. The van der Waals surface area contributed by atoms with Gasteiger partial charge in [0.15, 0.2) is 0 Å². The molecule has 0 atom stereocenters. The molecule has 0 radical (unpaired) electrons. The van der Waals surface area contributed by atoms with Crippen LogP contribution in [0, 0.1) is 0 Å². The first kappa shape index (κ1) is 12.4. The van der Waals surface area contributed by atoms with Gasteiger partial charge in [0.2, 0.25) is 5.91 Å². The maximum absolute atomic E-state index is 12.0. The average molecular weight is 248 g/mol. The van der Waals surface area contributed by atoms with Crippen LogP contribution in [0.3, 0.4) is 0 Å². The van der Waals surface area contributed by atoms with E-state index in [0.29, 0.717) is 19.7 Å². The molecule has 0 N–H and O–H groups in total. The van der Waals surface area contributed by atoms with Crippen LogP contribution in [-0.4, -0.2) is 43.1 Å². The summed E-state index contributed by atoms with van der Waals surface area (Å²) in [4.78, 5) is 26.6. The SMILES string of the molecule is CCOC(=O)N1CCN(c2ccccc2)C(=O)C1. The Hall–Kier alpha value is -2.04. The van der Waals surface area contributed by atoms with Gasteiger partial charge in [-0.2, -0.15) is 0 Å². The minimum Gasteiger partial charge on any atom is -0.450 e. The summed E-state index contributed by atoms with van der Waals surface area (Å²) in [5.41, 5.74) is 0.867. The number of para-hydroxylation sites is 1. The summed E-state index contributed by atoms with van der Waals surface area (Å²) in [7, 11) is 0.